The van der Waals surface area contributed by atoms with Crippen LogP contribution in [0.3, 0.4) is 0 Å². The van der Waals surface area contributed by atoms with Gasteiger partial charge < -0.3 is 10.1 Å². The van der Waals surface area contributed by atoms with Gasteiger partial charge in [-0.2, -0.15) is 13.2 Å². The van der Waals surface area contributed by atoms with Crippen molar-refractivity contribution in [2.75, 3.05) is 18.7 Å². The molecule has 12 heteroatoms. The molecule has 0 aliphatic rings. The summed E-state index contributed by atoms with van der Waals surface area (Å²) in [4.78, 5) is 27.6. The summed E-state index contributed by atoms with van der Waals surface area (Å²) in [5.41, 5.74) is 1.07. The first-order chi connectivity index (χ1) is 13.2. The highest BCUT2D eigenvalue weighted by molar-refractivity contribution is 6.33. The molecule has 2 amide bonds. The number of carbonyl (C=O) groups is 2. The van der Waals surface area contributed by atoms with Crippen molar-refractivity contribution >= 4 is 29.4 Å². The fraction of sp³-hybridized carbons (Fsp3) is 0.471. The van der Waals surface area contributed by atoms with E-state index in [0.29, 0.717) is 6.20 Å². The zero-order valence-electron chi connectivity index (χ0n) is 16.6. The summed E-state index contributed by atoms with van der Waals surface area (Å²) in [6.45, 7) is 6.99. The van der Waals surface area contributed by atoms with Gasteiger partial charge >= 0.3 is 18.2 Å². The van der Waals surface area contributed by atoms with Gasteiger partial charge in [0.05, 0.1) is 23.3 Å². The second-order valence-electron chi connectivity index (χ2n) is 6.84. The fourth-order valence-corrected chi connectivity index (χ4v) is 2.25. The van der Waals surface area contributed by atoms with Crippen molar-refractivity contribution in [3.05, 3.63) is 34.7 Å². The number of carbonyl (C=O) groups excluding carboxylic acids is 2. The average Bonchev–Trinajstić information content (AvgIpc) is 2.51. The summed E-state index contributed by atoms with van der Waals surface area (Å²) >= 11 is 5.91. The molecular weight excluding hydrogens is 415 g/mol. The SMILES string of the molecule is CCOC(=O)/C=C(\NC(=O)NC(C)(C)C)NN(C)c1ncc(C(F)(F)F)cc1Cl. The van der Waals surface area contributed by atoms with Gasteiger partial charge in [-0.15, -0.1) is 0 Å². The maximum atomic E-state index is 12.8. The first kappa shape index (κ1) is 24.3. The van der Waals surface area contributed by atoms with E-state index in [1.807, 2.05) is 0 Å². The van der Waals surface area contributed by atoms with Crippen LogP contribution in [-0.2, 0) is 15.7 Å². The number of pyridine rings is 1. The molecule has 0 radical (unpaired) electrons. The Labute approximate surface area is 171 Å². The van der Waals surface area contributed by atoms with Gasteiger partial charge in [0.1, 0.15) is 5.82 Å². The Balaban J connectivity index is 3.06. The number of ether oxygens (including phenoxy) is 1. The molecule has 0 saturated heterocycles. The molecule has 8 nitrogen and oxygen atoms in total. The average molecular weight is 438 g/mol. The van der Waals surface area contributed by atoms with Crippen molar-refractivity contribution in [2.45, 2.75) is 39.4 Å². The van der Waals surface area contributed by atoms with Gasteiger partial charge in [0, 0.05) is 18.8 Å². The fourth-order valence-electron chi connectivity index (χ4n) is 1.96. The number of rotatable bonds is 6. The smallest absolute Gasteiger partial charge is 0.417 e. The molecule has 3 N–H and O–H groups in total. The van der Waals surface area contributed by atoms with Crippen LogP contribution in [0.2, 0.25) is 5.02 Å². The van der Waals surface area contributed by atoms with E-state index in [1.165, 1.54) is 7.05 Å². The van der Waals surface area contributed by atoms with Crippen LogP contribution in [0.1, 0.15) is 33.3 Å². The lowest BCUT2D eigenvalue weighted by Crippen LogP contribution is -2.50. The van der Waals surface area contributed by atoms with Gasteiger partial charge in [-0.05, 0) is 33.8 Å². The Hall–Kier alpha value is -2.69. The Kier molecular flexibility index (Phi) is 8.13. The molecule has 0 bridgehead atoms. The van der Waals surface area contributed by atoms with E-state index in [9.17, 15) is 22.8 Å². The van der Waals surface area contributed by atoms with Crippen molar-refractivity contribution in [1.29, 1.82) is 0 Å². The molecule has 29 heavy (non-hydrogen) atoms. The second kappa shape index (κ2) is 9.68. The maximum absolute atomic E-state index is 12.8. The quantitative estimate of drug-likeness (QED) is 0.359. The lowest BCUT2D eigenvalue weighted by molar-refractivity contribution is -0.138. The van der Waals surface area contributed by atoms with Gasteiger partial charge in [0.2, 0.25) is 0 Å². The summed E-state index contributed by atoms with van der Waals surface area (Å²) in [6, 6.07) is 0.0942. The van der Waals surface area contributed by atoms with Crippen LogP contribution in [-0.4, -0.2) is 36.2 Å². The number of hydrogen-bond acceptors (Lipinski definition) is 6. The third-order valence-corrected chi connectivity index (χ3v) is 3.32. The van der Waals surface area contributed by atoms with Crippen molar-refractivity contribution in [3.8, 4) is 0 Å². The van der Waals surface area contributed by atoms with Crippen LogP contribution in [0.4, 0.5) is 23.8 Å². The molecule has 0 saturated carbocycles. The first-order valence-corrected chi connectivity index (χ1v) is 8.81. The van der Waals surface area contributed by atoms with Crippen molar-refractivity contribution in [3.63, 3.8) is 0 Å². The van der Waals surface area contributed by atoms with Gasteiger partial charge in [-0.25, -0.2) is 14.6 Å². The van der Waals surface area contributed by atoms with Crippen LogP contribution in [0, 0.1) is 0 Å². The zero-order valence-corrected chi connectivity index (χ0v) is 17.3. The molecule has 1 aromatic heterocycles. The van der Waals surface area contributed by atoms with Gasteiger partial charge in [0.25, 0.3) is 0 Å². The number of alkyl halides is 3. The predicted octanol–water partition coefficient (Wildman–Crippen LogP) is 3.20. The molecule has 0 fully saturated rings. The molecule has 0 aliphatic heterocycles. The van der Waals surface area contributed by atoms with E-state index in [-0.39, 0.29) is 23.3 Å². The number of anilines is 1. The van der Waals surface area contributed by atoms with Crippen LogP contribution in [0.25, 0.3) is 0 Å². The van der Waals surface area contributed by atoms with Crippen LogP contribution >= 0.6 is 11.6 Å². The summed E-state index contributed by atoms with van der Waals surface area (Å²) in [7, 11) is 1.39. The molecule has 0 spiro atoms. The van der Waals surface area contributed by atoms with Gasteiger partial charge in [0.15, 0.2) is 5.82 Å². The standard InChI is InChI=1S/C17H23ClF3N5O3/c1-6-29-13(27)8-12(23-15(28)24-16(2,3)4)25-26(5)14-11(18)7-10(9-22-14)17(19,20)21/h7-9,25H,6H2,1-5H3,(H2,23,24,28)/b12-8+. The number of urea groups is 1. The topological polar surface area (TPSA) is 95.6 Å². The minimum absolute atomic E-state index is 0.0625. The Morgan fingerprint density at radius 3 is 2.41 bits per heavy atom. The van der Waals surface area contributed by atoms with Crippen molar-refractivity contribution in [1.82, 2.24) is 21.0 Å². The Morgan fingerprint density at radius 1 is 1.31 bits per heavy atom. The molecule has 0 aliphatic carbocycles. The molecule has 0 atom stereocenters. The van der Waals surface area contributed by atoms with Crippen LogP contribution in [0.5, 0.6) is 0 Å². The summed E-state index contributed by atoms with van der Waals surface area (Å²) in [5, 5.41) is 5.92. The van der Waals surface area contributed by atoms with E-state index in [2.05, 4.69) is 21.0 Å². The molecular formula is C17H23ClF3N5O3. The zero-order chi connectivity index (χ0) is 22.4. The summed E-state index contributed by atoms with van der Waals surface area (Å²) < 4.78 is 43.1. The Morgan fingerprint density at radius 2 is 1.93 bits per heavy atom. The van der Waals surface area contributed by atoms with E-state index in [1.54, 1.807) is 27.7 Å². The third-order valence-electron chi connectivity index (χ3n) is 3.04. The number of nitrogens with one attached hydrogen (secondary N) is 3. The molecule has 1 aromatic rings. The van der Waals surface area contributed by atoms with E-state index < -0.39 is 29.3 Å². The van der Waals surface area contributed by atoms with Crippen LogP contribution in [0.15, 0.2) is 24.2 Å². The number of aromatic nitrogens is 1. The van der Waals surface area contributed by atoms with Crippen LogP contribution < -0.4 is 21.1 Å². The molecule has 162 valence electrons. The lowest BCUT2D eigenvalue weighted by atomic mass is 10.1. The van der Waals surface area contributed by atoms with Gasteiger partial charge in [-0.1, -0.05) is 11.6 Å². The number of halogens is 4. The minimum atomic E-state index is -4.59. The number of hydrogen-bond donors (Lipinski definition) is 3. The number of esters is 1. The third kappa shape index (κ3) is 8.46. The van der Waals surface area contributed by atoms with E-state index >= 15 is 0 Å². The highest BCUT2D eigenvalue weighted by Crippen LogP contribution is 2.32. The largest absolute Gasteiger partial charge is 0.463 e. The molecule has 1 rings (SSSR count). The highest BCUT2D eigenvalue weighted by Gasteiger charge is 2.32. The number of nitrogens with zero attached hydrogens (tertiary/aromatic N) is 2. The van der Waals surface area contributed by atoms with E-state index in [4.69, 9.17) is 16.3 Å². The monoisotopic (exact) mass is 437 g/mol. The molecule has 0 unspecified atom stereocenters. The van der Waals surface area contributed by atoms with E-state index in [0.717, 1.165) is 17.2 Å². The maximum Gasteiger partial charge on any atom is 0.417 e. The highest BCUT2D eigenvalue weighted by atomic mass is 35.5. The van der Waals surface area contributed by atoms with Crippen molar-refractivity contribution < 1.29 is 27.5 Å². The van der Waals surface area contributed by atoms with Crippen molar-refractivity contribution in [2.24, 2.45) is 0 Å². The summed E-state index contributed by atoms with van der Waals surface area (Å²) in [6.07, 6.45) is -3.00. The molecule has 1 heterocycles. The number of amides is 2. The normalized spacial score (nSPS) is 12.2. The van der Waals surface area contributed by atoms with Gasteiger partial charge in [-0.3, -0.25) is 15.8 Å². The summed E-state index contributed by atoms with van der Waals surface area (Å²) in [5.74, 6) is -0.913. The predicted molar refractivity (Wildman–Crippen MR) is 102 cm³/mol. The first-order valence-electron chi connectivity index (χ1n) is 8.43. The molecule has 0 aromatic carbocycles. The number of hydrazine groups is 1. The Bertz CT molecular complexity index is 779. The lowest BCUT2D eigenvalue weighted by Gasteiger charge is -2.25. The second-order valence-corrected chi connectivity index (χ2v) is 7.24. The minimum Gasteiger partial charge on any atom is -0.463 e.